The monoisotopic (exact) mass is 722 g/mol. The second-order valence-corrected chi connectivity index (χ2v) is 13.1. The van der Waals surface area contributed by atoms with E-state index in [1.807, 2.05) is 18.2 Å². The third kappa shape index (κ3) is 7.54. The van der Waals surface area contributed by atoms with Gasteiger partial charge in [0.15, 0.2) is 24.8 Å². The van der Waals surface area contributed by atoms with Crippen molar-refractivity contribution >= 4 is 24.0 Å². The summed E-state index contributed by atoms with van der Waals surface area (Å²) in [6.07, 6.45) is -11.6. The number of epoxide rings is 1. The Kier molecular flexibility index (Phi) is 11.1. The highest BCUT2D eigenvalue weighted by Gasteiger charge is 2.78. The molecule has 0 amide bonds. The molecule has 51 heavy (non-hydrogen) atoms. The van der Waals surface area contributed by atoms with E-state index < -0.39 is 122 Å². The van der Waals surface area contributed by atoms with Crippen molar-refractivity contribution in [1.82, 2.24) is 0 Å². The first kappa shape index (κ1) is 37.3. The SMILES string of the molecule is CC(=O)O[C@@H]1[C@@H](O)[C@H](C)O[C@@H](O[C@H]2[C@@H]3C=CO[C@@H](O[C@@H]4O[C@H](CO)[C@@H](O)[C@H](O)[C@H]4O)[C@@H]3[C@@]3(COC(=O)C=Cc4ccccc4)O[C@@H]23)[C@@H]1OC(C)=O. The highest BCUT2D eigenvalue weighted by Crippen LogP contribution is 2.61. The smallest absolute Gasteiger partial charge is 0.330 e. The lowest BCUT2D eigenvalue weighted by molar-refractivity contribution is -0.347. The molecule has 4 heterocycles. The van der Waals surface area contributed by atoms with Crippen LogP contribution in [0, 0.1) is 11.8 Å². The van der Waals surface area contributed by atoms with E-state index in [2.05, 4.69) is 0 Å². The summed E-state index contributed by atoms with van der Waals surface area (Å²) >= 11 is 0. The molecule has 1 aromatic rings. The van der Waals surface area contributed by atoms with Crippen molar-refractivity contribution in [3.63, 3.8) is 0 Å². The molecule has 5 N–H and O–H groups in total. The Morgan fingerprint density at radius 3 is 2.24 bits per heavy atom. The van der Waals surface area contributed by atoms with Crippen molar-refractivity contribution in [2.45, 2.75) is 106 Å². The summed E-state index contributed by atoms with van der Waals surface area (Å²) in [5.74, 6) is -3.65. The fourth-order valence-corrected chi connectivity index (χ4v) is 7.14. The molecule has 0 aromatic heterocycles. The summed E-state index contributed by atoms with van der Waals surface area (Å²) < 4.78 is 52.5. The van der Waals surface area contributed by atoms with Gasteiger partial charge >= 0.3 is 17.9 Å². The van der Waals surface area contributed by atoms with Crippen LogP contribution in [0.1, 0.15) is 26.3 Å². The van der Waals surface area contributed by atoms with Gasteiger partial charge in [-0.15, -0.1) is 0 Å². The fourth-order valence-electron chi connectivity index (χ4n) is 7.14. The lowest BCUT2D eigenvalue weighted by Gasteiger charge is -2.44. The summed E-state index contributed by atoms with van der Waals surface area (Å²) in [7, 11) is 0. The Morgan fingerprint density at radius 2 is 1.55 bits per heavy atom. The Labute approximate surface area is 292 Å². The number of ether oxygens (including phenoxy) is 9. The molecular formula is C34H42O17. The molecule has 3 saturated heterocycles. The average molecular weight is 723 g/mol. The predicted molar refractivity (Wildman–Crippen MR) is 166 cm³/mol. The minimum atomic E-state index is -1.75. The molecule has 16 atom stereocenters. The highest BCUT2D eigenvalue weighted by atomic mass is 16.8. The molecule has 4 fully saturated rings. The van der Waals surface area contributed by atoms with Crippen molar-refractivity contribution in [3.8, 4) is 0 Å². The second-order valence-electron chi connectivity index (χ2n) is 13.1. The van der Waals surface area contributed by atoms with Crippen molar-refractivity contribution in [1.29, 1.82) is 0 Å². The van der Waals surface area contributed by atoms with E-state index >= 15 is 0 Å². The molecule has 17 nitrogen and oxygen atoms in total. The number of fused-ring (bicyclic) bond motifs is 3. The number of carbonyl (C=O) groups excluding carboxylic acids is 3. The molecule has 280 valence electrons. The molecule has 0 bridgehead atoms. The Bertz CT molecular complexity index is 1470. The highest BCUT2D eigenvalue weighted by molar-refractivity contribution is 5.87. The average Bonchev–Trinajstić information content (AvgIpc) is 3.77. The van der Waals surface area contributed by atoms with Crippen LogP contribution in [0.4, 0.5) is 0 Å². The Balaban J connectivity index is 1.27. The van der Waals surface area contributed by atoms with Gasteiger partial charge in [0.25, 0.3) is 0 Å². The van der Waals surface area contributed by atoms with E-state index in [0.717, 1.165) is 19.4 Å². The summed E-state index contributed by atoms with van der Waals surface area (Å²) in [5.41, 5.74) is -0.538. The van der Waals surface area contributed by atoms with Crippen molar-refractivity contribution in [2.24, 2.45) is 11.8 Å². The molecule has 1 aliphatic carbocycles. The maximum atomic E-state index is 12.9. The molecule has 0 unspecified atom stereocenters. The number of hydrogen-bond acceptors (Lipinski definition) is 17. The maximum absolute atomic E-state index is 12.9. The zero-order chi connectivity index (χ0) is 36.6. The van der Waals surface area contributed by atoms with Gasteiger partial charge in [-0.05, 0) is 24.6 Å². The lowest BCUT2D eigenvalue weighted by Crippen LogP contribution is -2.61. The standard InChI is InChI=1S/C34H42O17/c1-15-23(39)28(46-16(2)36)29(47-17(3)37)33(45-15)49-27-19-11-12-43-31(50-32-26(42)25(41)24(40)20(13-35)48-32)22(19)34(30(27)51-34)14-44-21(38)10-9-18-7-5-4-6-8-18/h4-12,15,19-20,22-33,35,39-42H,13-14H2,1-3H3/t15-,19+,20+,22+,23-,24+,25-,26+,27-,28+,29+,30-,31-,32-,33-,34+/m0/s1. The molecular weight excluding hydrogens is 680 g/mol. The minimum absolute atomic E-state index is 0.313. The van der Waals surface area contributed by atoms with Crippen LogP contribution in [0.2, 0.25) is 0 Å². The van der Waals surface area contributed by atoms with E-state index in [0.29, 0.717) is 0 Å². The van der Waals surface area contributed by atoms with Gasteiger partial charge in [-0.1, -0.05) is 30.3 Å². The largest absolute Gasteiger partial charge is 0.472 e. The lowest BCUT2D eigenvalue weighted by atomic mass is 9.85. The number of hydrogen-bond donors (Lipinski definition) is 5. The third-order valence-corrected chi connectivity index (χ3v) is 9.66. The molecule has 1 aromatic carbocycles. The van der Waals surface area contributed by atoms with Gasteiger partial charge in [0.1, 0.15) is 48.8 Å². The van der Waals surface area contributed by atoms with Crippen molar-refractivity contribution in [3.05, 3.63) is 54.3 Å². The number of carbonyl (C=O) groups is 3. The number of esters is 3. The first-order valence-corrected chi connectivity index (χ1v) is 16.5. The van der Waals surface area contributed by atoms with Crippen molar-refractivity contribution in [2.75, 3.05) is 13.2 Å². The van der Waals surface area contributed by atoms with Gasteiger partial charge in [0, 0.05) is 25.8 Å². The number of aliphatic hydroxyl groups excluding tert-OH is 5. The molecule has 6 rings (SSSR count). The Morgan fingerprint density at radius 1 is 0.843 bits per heavy atom. The van der Waals surface area contributed by atoms with Crippen LogP contribution in [0.3, 0.4) is 0 Å². The zero-order valence-electron chi connectivity index (χ0n) is 27.9. The van der Waals surface area contributed by atoms with Gasteiger partial charge in [-0.3, -0.25) is 9.59 Å². The molecule has 0 spiro atoms. The van der Waals surface area contributed by atoms with Crippen LogP contribution in [0.25, 0.3) is 6.08 Å². The van der Waals surface area contributed by atoms with Crippen LogP contribution >= 0.6 is 0 Å². The molecule has 4 aliphatic heterocycles. The summed E-state index contributed by atoms with van der Waals surface area (Å²) in [5, 5.41) is 51.8. The van der Waals surface area contributed by atoms with E-state index in [9.17, 15) is 39.9 Å². The topological polar surface area (TPSA) is 239 Å². The van der Waals surface area contributed by atoms with Crippen molar-refractivity contribution < 1.29 is 82.5 Å². The van der Waals surface area contributed by atoms with Gasteiger partial charge in [0.05, 0.1) is 31.0 Å². The zero-order valence-corrected chi connectivity index (χ0v) is 27.9. The van der Waals surface area contributed by atoms with E-state index in [1.54, 1.807) is 24.3 Å². The van der Waals surface area contributed by atoms with Crippen LogP contribution < -0.4 is 0 Å². The summed E-state index contributed by atoms with van der Waals surface area (Å²) in [6.45, 7) is 2.80. The Hall–Kier alpha value is -3.49. The maximum Gasteiger partial charge on any atom is 0.330 e. The van der Waals surface area contributed by atoms with E-state index in [-0.39, 0.29) is 6.61 Å². The van der Waals surface area contributed by atoms with Crippen LogP contribution in [-0.4, -0.2) is 142 Å². The molecule has 1 saturated carbocycles. The molecule has 5 aliphatic rings. The fraction of sp³-hybridized carbons (Fsp3) is 0.618. The van der Waals surface area contributed by atoms with Gasteiger partial charge in [-0.2, -0.15) is 0 Å². The first-order chi connectivity index (χ1) is 24.3. The quantitative estimate of drug-likeness (QED) is 0.0769. The second kappa shape index (κ2) is 15.2. The number of rotatable bonds is 11. The third-order valence-electron chi connectivity index (χ3n) is 9.66. The normalized spacial score (nSPS) is 42.7. The molecule has 0 radical (unpaired) electrons. The minimum Gasteiger partial charge on any atom is -0.472 e. The number of aliphatic hydroxyl groups is 5. The van der Waals surface area contributed by atoms with Gasteiger partial charge in [-0.25, -0.2) is 4.79 Å². The summed E-state index contributed by atoms with van der Waals surface area (Å²) in [6, 6.07) is 9.08. The van der Waals surface area contributed by atoms with Crippen LogP contribution in [-0.2, 0) is 57.0 Å². The number of benzene rings is 1. The summed E-state index contributed by atoms with van der Waals surface area (Å²) in [4.78, 5) is 37.0. The predicted octanol–water partition coefficient (Wildman–Crippen LogP) is -1.33. The van der Waals surface area contributed by atoms with Crippen LogP contribution in [0.15, 0.2) is 48.7 Å². The van der Waals surface area contributed by atoms with Gasteiger partial charge < -0.3 is 68.2 Å². The first-order valence-electron chi connectivity index (χ1n) is 16.5. The van der Waals surface area contributed by atoms with Crippen LogP contribution in [0.5, 0.6) is 0 Å². The van der Waals surface area contributed by atoms with E-state index in [4.69, 9.17) is 42.6 Å². The van der Waals surface area contributed by atoms with Gasteiger partial charge in [0.2, 0.25) is 6.29 Å². The molecule has 17 heteroatoms. The van der Waals surface area contributed by atoms with E-state index in [1.165, 1.54) is 19.3 Å².